The number of halogens is 3. The molecule has 1 aromatic heterocycles. The first-order chi connectivity index (χ1) is 7.09. The lowest BCUT2D eigenvalue weighted by atomic mass is 9.95. The first-order valence-electron chi connectivity index (χ1n) is 5.02. The van der Waals surface area contributed by atoms with Crippen molar-refractivity contribution in [2.24, 2.45) is 5.73 Å². The Morgan fingerprint density at radius 1 is 1.25 bits per heavy atom. The van der Waals surface area contributed by atoms with Crippen molar-refractivity contribution in [1.29, 1.82) is 0 Å². The summed E-state index contributed by atoms with van der Waals surface area (Å²) in [4.78, 5) is 1.65. The topological polar surface area (TPSA) is 26.0 Å². The van der Waals surface area contributed by atoms with Crippen LogP contribution in [0.15, 0.2) is 12.1 Å². The van der Waals surface area contributed by atoms with Gasteiger partial charge in [0.15, 0.2) is 0 Å². The zero-order chi connectivity index (χ0) is 12.6. The lowest BCUT2D eigenvalue weighted by Crippen LogP contribution is -2.19. The van der Waals surface area contributed by atoms with Crippen molar-refractivity contribution in [3.63, 3.8) is 0 Å². The highest BCUT2D eigenvalue weighted by Gasteiger charge is 2.31. The molecule has 0 spiro atoms. The highest BCUT2D eigenvalue weighted by Crippen LogP contribution is 2.35. The van der Waals surface area contributed by atoms with E-state index in [1.807, 2.05) is 26.8 Å². The minimum Gasteiger partial charge on any atom is -0.323 e. The Morgan fingerprint density at radius 3 is 2.19 bits per heavy atom. The Balaban J connectivity index is 2.79. The summed E-state index contributed by atoms with van der Waals surface area (Å²) < 4.78 is 36.5. The maximum Gasteiger partial charge on any atom is 0.390 e. The Bertz CT molecular complexity index is 349. The zero-order valence-electron chi connectivity index (χ0n) is 9.56. The van der Waals surface area contributed by atoms with Crippen LogP contribution in [-0.4, -0.2) is 6.18 Å². The molecule has 0 aliphatic rings. The maximum absolute atomic E-state index is 12.2. The SMILES string of the molecule is CC(C)(C)c1ccc([C@H](N)CC(F)(F)F)s1. The largest absolute Gasteiger partial charge is 0.390 e. The van der Waals surface area contributed by atoms with Crippen LogP contribution in [0.4, 0.5) is 13.2 Å². The van der Waals surface area contributed by atoms with Crippen LogP contribution < -0.4 is 5.73 Å². The van der Waals surface area contributed by atoms with Gasteiger partial charge < -0.3 is 5.73 Å². The quantitative estimate of drug-likeness (QED) is 0.844. The van der Waals surface area contributed by atoms with Gasteiger partial charge in [-0.1, -0.05) is 20.8 Å². The maximum atomic E-state index is 12.2. The van der Waals surface area contributed by atoms with Gasteiger partial charge in [0.25, 0.3) is 0 Å². The van der Waals surface area contributed by atoms with Gasteiger partial charge in [0.05, 0.1) is 6.42 Å². The van der Waals surface area contributed by atoms with Crippen molar-refractivity contribution in [3.8, 4) is 0 Å². The Morgan fingerprint density at radius 2 is 1.81 bits per heavy atom. The lowest BCUT2D eigenvalue weighted by Gasteiger charge is -2.16. The van der Waals surface area contributed by atoms with E-state index in [2.05, 4.69) is 0 Å². The first kappa shape index (κ1) is 13.5. The summed E-state index contributed by atoms with van der Waals surface area (Å²) in [6.45, 7) is 6.08. The number of hydrogen-bond donors (Lipinski definition) is 1. The predicted octanol–water partition coefficient (Wildman–Crippen LogP) is 4.00. The van der Waals surface area contributed by atoms with E-state index >= 15 is 0 Å². The van der Waals surface area contributed by atoms with Crippen LogP contribution in [0.2, 0.25) is 0 Å². The van der Waals surface area contributed by atoms with Gasteiger partial charge >= 0.3 is 6.18 Å². The average Bonchev–Trinajstić information content (AvgIpc) is 2.46. The molecule has 1 aromatic rings. The van der Waals surface area contributed by atoms with Gasteiger partial charge in [-0.15, -0.1) is 11.3 Å². The van der Waals surface area contributed by atoms with Crippen molar-refractivity contribution in [2.45, 2.75) is 44.8 Å². The van der Waals surface area contributed by atoms with Crippen LogP contribution >= 0.6 is 11.3 Å². The smallest absolute Gasteiger partial charge is 0.323 e. The Labute approximate surface area is 97.5 Å². The molecule has 0 radical (unpaired) electrons. The van der Waals surface area contributed by atoms with Gasteiger partial charge in [0, 0.05) is 15.8 Å². The molecule has 0 aliphatic heterocycles. The molecule has 0 bridgehead atoms. The molecular weight excluding hydrogens is 235 g/mol. The van der Waals surface area contributed by atoms with E-state index in [0.29, 0.717) is 4.88 Å². The molecule has 0 aliphatic carbocycles. The molecule has 1 rings (SSSR count). The van der Waals surface area contributed by atoms with Crippen molar-refractivity contribution < 1.29 is 13.2 Å². The fourth-order valence-corrected chi connectivity index (χ4v) is 2.37. The summed E-state index contributed by atoms with van der Waals surface area (Å²) in [5.74, 6) is 0. The molecule has 0 aromatic carbocycles. The Hall–Kier alpha value is -0.550. The molecule has 5 heteroatoms. The van der Waals surface area contributed by atoms with Crippen molar-refractivity contribution in [1.82, 2.24) is 0 Å². The van der Waals surface area contributed by atoms with E-state index in [-0.39, 0.29) is 5.41 Å². The van der Waals surface area contributed by atoms with Gasteiger partial charge in [-0.2, -0.15) is 13.2 Å². The van der Waals surface area contributed by atoms with Crippen LogP contribution in [0.3, 0.4) is 0 Å². The molecular formula is C11H16F3NS. The lowest BCUT2D eigenvalue weighted by molar-refractivity contribution is -0.138. The van der Waals surface area contributed by atoms with E-state index in [1.54, 1.807) is 6.07 Å². The molecule has 0 saturated carbocycles. The second-order valence-corrected chi connectivity index (χ2v) is 5.99. The molecule has 0 unspecified atom stereocenters. The van der Waals surface area contributed by atoms with Crippen molar-refractivity contribution >= 4 is 11.3 Å². The van der Waals surface area contributed by atoms with E-state index < -0.39 is 18.6 Å². The number of hydrogen-bond acceptors (Lipinski definition) is 2. The van der Waals surface area contributed by atoms with Crippen LogP contribution in [0.5, 0.6) is 0 Å². The highest BCUT2D eigenvalue weighted by molar-refractivity contribution is 7.12. The summed E-state index contributed by atoms with van der Waals surface area (Å²) in [6.07, 6.45) is -5.16. The fourth-order valence-electron chi connectivity index (χ4n) is 1.31. The van der Waals surface area contributed by atoms with Crippen LogP contribution in [0.25, 0.3) is 0 Å². The molecule has 16 heavy (non-hydrogen) atoms. The molecule has 0 saturated heterocycles. The van der Waals surface area contributed by atoms with Gasteiger partial charge in [-0.3, -0.25) is 0 Å². The van der Waals surface area contributed by atoms with Crippen molar-refractivity contribution in [2.75, 3.05) is 0 Å². The van der Waals surface area contributed by atoms with Crippen LogP contribution in [0.1, 0.15) is 43.0 Å². The Kier molecular flexibility index (Phi) is 3.69. The summed E-state index contributed by atoms with van der Waals surface area (Å²) in [5.41, 5.74) is 5.49. The first-order valence-corrected chi connectivity index (χ1v) is 5.84. The minimum absolute atomic E-state index is 0.0408. The standard InChI is InChI=1S/C11H16F3NS/c1-10(2,3)9-5-4-8(16-9)7(15)6-11(12,13)14/h4-5,7H,6,15H2,1-3H3/t7-/m1/s1. The van der Waals surface area contributed by atoms with Crippen LogP contribution in [-0.2, 0) is 5.41 Å². The molecule has 0 amide bonds. The molecule has 0 fully saturated rings. The minimum atomic E-state index is -4.20. The molecule has 1 nitrogen and oxygen atoms in total. The normalized spacial score (nSPS) is 15.2. The molecule has 2 N–H and O–H groups in total. The van der Waals surface area contributed by atoms with Gasteiger partial charge in [-0.25, -0.2) is 0 Å². The summed E-state index contributed by atoms with van der Waals surface area (Å²) in [6, 6.07) is 2.61. The van der Waals surface area contributed by atoms with E-state index in [4.69, 9.17) is 5.73 Å². The van der Waals surface area contributed by atoms with E-state index in [1.165, 1.54) is 11.3 Å². The summed E-state index contributed by atoms with van der Waals surface area (Å²) >= 11 is 1.36. The van der Waals surface area contributed by atoms with Gasteiger partial charge in [0.2, 0.25) is 0 Å². The summed E-state index contributed by atoms with van der Waals surface area (Å²) in [5, 5.41) is 0. The van der Waals surface area contributed by atoms with E-state index in [9.17, 15) is 13.2 Å². The molecule has 92 valence electrons. The van der Waals surface area contributed by atoms with Gasteiger partial charge in [-0.05, 0) is 17.5 Å². The second-order valence-electron chi connectivity index (χ2n) is 4.88. The fraction of sp³-hybridized carbons (Fsp3) is 0.636. The predicted molar refractivity (Wildman–Crippen MR) is 60.6 cm³/mol. The summed E-state index contributed by atoms with van der Waals surface area (Å²) in [7, 11) is 0. The third-order valence-corrected chi connectivity index (χ3v) is 3.83. The van der Waals surface area contributed by atoms with Crippen LogP contribution in [0, 0.1) is 0 Å². The monoisotopic (exact) mass is 251 g/mol. The van der Waals surface area contributed by atoms with E-state index in [0.717, 1.165) is 4.88 Å². The third-order valence-electron chi connectivity index (χ3n) is 2.18. The molecule has 1 atom stereocenters. The van der Waals surface area contributed by atoms with Crippen molar-refractivity contribution in [3.05, 3.63) is 21.9 Å². The number of nitrogens with two attached hydrogens (primary N) is 1. The molecule has 1 heterocycles. The zero-order valence-corrected chi connectivity index (χ0v) is 10.4. The average molecular weight is 251 g/mol. The number of thiophene rings is 1. The number of alkyl halides is 3. The third kappa shape index (κ3) is 3.79. The van der Waals surface area contributed by atoms with Gasteiger partial charge in [0.1, 0.15) is 0 Å². The second kappa shape index (κ2) is 4.37. The number of rotatable bonds is 2. The highest BCUT2D eigenvalue weighted by atomic mass is 32.1.